The van der Waals surface area contributed by atoms with E-state index in [1.165, 1.54) is 0 Å². The third-order valence-electron chi connectivity index (χ3n) is 3.99. The first-order chi connectivity index (χ1) is 12.5. The van der Waals surface area contributed by atoms with Crippen LogP contribution in [0.2, 0.25) is 0 Å². The fraction of sp³-hybridized carbons (Fsp3) is 0.143. The minimum absolute atomic E-state index is 0.191. The van der Waals surface area contributed by atoms with E-state index >= 15 is 0 Å². The van der Waals surface area contributed by atoms with E-state index in [2.05, 4.69) is 10.6 Å². The molecule has 0 spiro atoms. The van der Waals surface area contributed by atoms with Crippen molar-refractivity contribution < 1.29 is 14.0 Å². The van der Waals surface area contributed by atoms with Crippen molar-refractivity contribution >= 4 is 17.5 Å². The quantitative estimate of drug-likeness (QED) is 0.730. The van der Waals surface area contributed by atoms with Crippen molar-refractivity contribution in [1.82, 2.24) is 5.32 Å². The third-order valence-corrected chi connectivity index (χ3v) is 3.99. The number of amides is 2. The van der Waals surface area contributed by atoms with Gasteiger partial charge in [0.05, 0.1) is 6.54 Å². The highest BCUT2D eigenvalue weighted by molar-refractivity contribution is 6.02. The molecule has 0 bridgehead atoms. The van der Waals surface area contributed by atoms with Gasteiger partial charge in [0.1, 0.15) is 5.76 Å². The molecule has 0 atom stereocenters. The van der Waals surface area contributed by atoms with Crippen LogP contribution in [0.1, 0.15) is 37.8 Å². The van der Waals surface area contributed by atoms with Crippen LogP contribution in [0.5, 0.6) is 0 Å². The zero-order chi connectivity index (χ0) is 18.5. The fourth-order valence-corrected chi connectivity index (χ4v) is 2.51. The van der Waals surface area contributed by atoms with Crippen molar-refractivity contribution in [2.24, 2.45) is 0 Å². The molecule has 132 valence electrons. The Morgan fingerprint density at radius 1 is 0.923 bits per heavy atom. The van der Waals surface area contributed by atoms with Gasteiger partial charge in [-0.3, -0.25) is 9.59 Å². The van der Waals surface area contributed by atoms with Gasteiger partial charge in [-0.15, -0.1) is 0 Å². The number of aryl methyl sites for hydroxylation is 2. The lowest BCUT2D eigenvalue weighted by molar-refractivity contribution is 0.0948. The van der Waals surface area contributed by atoms with Gasteiger partial charge in [-0.1, -0.05) is 30.3 Å². The monoisotopic (exact) mass is 348 g/mol. The first-order valence-electron chi connectivity index (χ1n) is 8.33. The molecule has 0 aliphatic heterocycles. The summed E-state index contributed by atoms with van der Waals surface area (Å²) >= 11 is 0. The average molecular weight is 348 g/mol. The van der Waals surface area contributed by atoms with Gasteiger partial charge in [0.2, 0.25) is 0 Å². The molecule has 0 saturated carbocycles. The molecular formula is C21H20N2O3. The molecule has 0 unspecified atom stereocenters. The molecule has 26 heavy (non-hydrogen) atoms. The van der Waals surface area contributed by atoms with Gasteiger partial charge in [0, 0.05) is 11.3 Å². The molecule has 0 saturated heterocycles. The number of anilines is 1. The second-order valence-corrected chi connectivity index (χ2v) is 6.09. The zero-order valence-corrected chi connectivity index (χ0v) is 14.7. The zero-order valence-electron chi connectivity index (χ0n) is 14.7. The maximum atomic E-state index is 12.4. The largest absolute Gasteiger partial charge is 0.454 e. The average Bonchev–Trinajstić information content (AvgIpc) is 3.12. The van der Waals surface area contributed by atoms with Crippen LogP contribution >= 0.6 is 0 Å². The van der Waals surface area contributed by atoms with Crippen molar-refractivity contribution in [1.29, 1.82) is 0 Å². The summed E-state index contributed by atoms with van der Waals surface area (Å²) in [7, 11) is 0. The van der Waals surface area contributed by atoms with Crippen molar-refractivity contribution in [3.05, 3.63) is 88.9 Å². The van der Waals surface area contributed by atoms with Crippen LogP contribution in [-0.2, 0) is 6.54 Å². The number of rotatable bonds is 5. The Balaban J connectivity index is 1.61. The smallest absolute Gasteiger partial charge is 0.291 e. The SMILES string of the molecule is Cc1ccc(C)c(NC(=O)c2ccc(CNC(=O)c3ccccc3)o2)c1. The Morgan fingerprint density at radius 2 is 1.69 bits per heavy atom. The van der Waals surface area contributed by atoms with Crippen molar-refractivity contribution in [3.8, 4) is 0 Å². The van der Waals surface area contributed by atoms with Crippen molar-refractivity contribution in [3.63, 3.8) is 0 Å². The van der Waals surface area contributed by atoms with E-state index in [-0.39, 0.29) is 24.1 Å². The summed E-state index contributed by atoms with van der Waals surface area (Å²) in [6.45, 7) is 4.11. The molecular weight excluding hydrogens is 328 g/mol. The number of hydrogen-bond acceptors (Lipinski definition) is 3. The Hall–Kier alpha value is -3.34. The Morgan fingerprint density at radius 3 is 2.46 bits per heavy atom. The summed E-state index contributed by atoms with van der Waals surface area (Å²) in [5, 5.41) is 5.62. The molecule has 0 aliphatic rings. The van der Waals surface area contributed by atoms with Crippen LogP contribution in [0.15, 0.2) is 65.1 Å². The first kappa shape index (κ1) is 17.5. The predicted molar refractivity (Wildman–Crippen MR) is 100 cm³/mol. The molecule has 5 nitrogen and oxygen atoms in total. The van der Waals surface area contributed by atoms with Crippen LogP contribution in [0.3, 0.4) is 0 Å². The minimum Gasteiger partial charge on any atom is -0.454 e. The second kappa shape index (κ2) is 7.70. The van der Waals surface area contributed by atoms with Crippen LogP contribution in [0, 0.1) is 13.8 Å². The maximum Gasteiger partial charge on any atom is 0.291 e. The number of benzene rings is 2. The van der Waals surface area contributed by atoms with Gasteiger partial charge >= 0.3 is 0 Å². The van der Waals surface area contributed by atoms with Crippen molar-refractivity contribution in [2.45, 2.75) is 20.4 Å². The van der Waals surface area contributed by atoms with E-state index in [0.717, 1.165) is 16.8 Å². The van der Waals surface area contributed by atoms with Gasteiger partial charge in [0.15, 0.2) is 5.76 Å². The third kappa shape index (κ3) is 4.19. The Bertz CT molecular complexity index is 929. The molecule has 0 fully saturated rings. The summed E-state index contributed by atoms with van der Waals surface area (Å²) in [4.78, 5) is 24.4. The second-order valence-electron chi connectivity index (χ2n) is 6.09. The number of carbonyl (C=O) groups is 2. The molecule has 2 aromatic carbocycles. The Kier molecular flexibility index (Phi) is 5.17. The van der Waals surface area contributed by atoms with Gasteiger partial charge in [-0.2, -0.15) is 0 Å². The van der Waals surface area contributed by atoms with Crippen LogP contribution in [-0.4, -0.2) is 11.8 Å². The minimum atomic E-state index is -0.320. The van der Waals surface area contributed by atoms with Crippen LogP contribution < -0.4 is 10.6 Å². The molecule has 3 rings (SSSR count). The van der Waals surface area contributed by atoms with E-state index in [1.54, 1.807) is 36.4 Å². The molecule has 3 aromatic rings. The molecule has 5 heteroatoms. The molecule has 2 amide bonds. The molecule has 2 N–H and O–H groups in total. The number of nitrogens with one attached hydrogen (secondary N) is 2. The highest BCUT2D eigenvalue weighted by Gasteiger charge is 2.13. The summed E-state index contributed by atoms with van der Waals surface area (Å²) in [5.41, 5.74) is 3.37. The first-order valence-corrected chi connectivity index (χ1v) is 8.33. The summed E-state index contributed by atoms with van der Waals surface area (Å²) in [6, 6.07) is 18.1. The van der Waals surface area contributed by atoms with Gasteiger partial charge in [0.25, 0.3) is 11.8 Å². The topological polar surface area (TPSA) is 71.3 Å². The van der Waals surface area contributed by atoms with Crippen LogP contribution in [0.25, 0.3) is 0 Å². The van der Waals surface area contributed by atoms with Crippen LogP contribution in [0.4, 0.5) is 5.69 Å². The van der Waals surface area contributed by atoms with E-state index in [4.69, 9.17) is 4.42 Å². The maximum absolute atomic E-state index is 12.4. The molecule has 1 heterocycles. The fourth-order valence-electron chi connectivity index (χ4n) is 2.51. The van der Waals surface area contributed by atoms with Gasteiger partial charge in [-0.25, -0.2) is 0 Å². The Labute approximate surface area is 152 Å². The normalized spacial score (nSPS) is 10.4. The lowest BCUT2D eigenvalue weighted by atomic mass is 10.1. The van der Waals surface area contributed by atoms with Crippen molar-refractivity contribution in [2.75, 3.05) is 5.32 Å². The van der Waals surface area contributed by atoms with E-state index in [0.29, 0.717) is 11.3 Å². The lowest BCUT2D eigenvalue weighted by Crippen LogP contribution is -2.22. The summed E-state index contributed by atoms with van der Waals surface area (Å²) in [5.74, 6) is 0.206. The number of furan rings is 1. The van der Waals surface area contributed by atoms with E-state index in [9.17, 15) is 9.59 Å². The summed E-state index contributed by atoms with van der Waals surface area (Å²) in [6.07, 6.45) is 0. The number of hydrogen-bond donors (Lipinski definition) is 2. The van der Waals surface area contributed by atoms with Gasteiger partial charge < -0.3 is 15.1 Å². The van der Waals surface area contributed by atoms with Gasteiger partial charge in [-0.05, 0) is 55.3 Å². The lowest BCUT2D eigenvalue weighted by Gasteiger charge is -2.08. The highest BCUT2D eigenvalue weighted by atomic mass is 16.4. The van der Waals surface area contributed by atoms with E-state index < -0.39 is 0 Å². The number of carbonyl (C=O) groups excluding carboxylic acids is 2. The molecule has 0 aliphatic carbocycles. The predicted octanol–water partition coefficient (Wildman–Crippen LogP) is 4.08. The van der Waals surface area contributed by atoms with E-state index in [1.807, 2.05) is 38.1 Å². The standard InChI is InChI=1S/C21H20N2O3/c1-14-8-9-15(2)18(12-14)23-21(25)19-11-10-17(26-19)13-22-20(24)16-6-4-3-5-7-16/h3-12H,13H2,1-2H3,(H,22,24)(H,23,25). The molecule has 0 radical (unpaired) electrons. The molecule has 1 aromatic heterocycles. The summed E-state index contributed by atoms with van der Waals surface area (Å²) < 4.78 is 5.55. The highest BCUT2D eigenvalue weighted by Crippen LogP contribution is 2.18.